The van der Waals surface area contributed by atoms with Crippen molar-refractivity contribution < 1.29 is 0 Å². The third kappa shape index (κ3) is 2.46. The van der Waals surface area contributed by atoms with Gasteiger partial charge in [0.2, 0.25) is 0 Å². The Hall–Kier alpha value is -1.37. The molecule has 8 heteroatoms. The van der Waals surface area contributed by atoms with Crippen LogP contribution in [0.4, 0.5) is 17.1 Å². The smallest absolute Gasteiger partial charge is 0.130 e. The lowest BCUT2D eigenvalue weighted by Crippen LogP contribution is -2.08. The number of aryl methyl sites for hydroxylation is 1. The zero-order valence-corrected chi connectivity index (χ0v) is 12.9. The van der Waals surface area contributed by atoms with E-state index < -0.39 is 0 Å². The van der Waals surface area contributed by atoms with Crippen LogP contribution in [0, 0.1) is 0 Å². The molecular formula is C12H11Cl2N5S. The second-order valence-electron chi connectivity index (χ2n) is 4.30. The maximum Gasteiger partial charge on any atom is 0.130 e. The van der Waals surface area contributed by atoms with Gasteiger partial charge in [-0.05, 0) is 12.1 Å². The molecule has 2 aromatic rings. The van der Waals surface area contributed by atoms with Gasteiger partial charge in [-0.2, -0.15) is 13.8 Å². The molecule has 0 spiro atoms. The van der Waals surface area contributed by atoms with Crippen molar-refractivity contribution in [2.75, 3.05) is 11.9 Å². The Kier molecular flexibility index (Phi) is 3.78. The summed E-state index contributed by atoms with van der Waals surface area (Å²) in [5.74, 6) is 0. The van der Waals surface area contributed by atoms with E-state index in [1.54, 1.807) is 12.3 Å². The summed E-state index contributed by atoms with van der Waals surface area (Å²) in [6.45, 7) is 0.730. The summed E-state index contributed by atoms with van der Waals surface area (Å²) in [5, 5.41) is 8.52. The van der Waals surface area contributed by atoms with Crippen LogP contribution in [0.2, 0.25) is 10.0 Å². The Bertz CT molecular complexity index is 734. The maximum absolute atomic E-state index is 6.23. The highest BCUT2D eigenvalue weighted by Gasteiger charge is 2.18. The fourth-order valence-electron chi connectivity index (χ4n) is 2.00. The van der Waals surface area contributed by atoms with E-state index in [0.717, 1.165) is 41.4 Å². The molecule has 0 radical (unpaired) electrons. The predicted octanol–water partition coefficient (Wildman–Crippen LogP) is 4.11. The Morgan fingerprint density at radius 3 is 2.80 bits per heavy atom. The molecular weight excluding hydrogens is 317 g/mol. The number of fused-ring (bicyclic) bond motifs is 1. The van der Waals surface area contributed by atoms with E-state index in [-0.39, 0.29) is 0 Å². The minimum Gasteiger partial charge on any atom is -0.382 e. The van der Waals surface area contributed by atoms with Gasteiger partial charge in [0, 0.05) is 31.9 Å². The molecule has 0 unspecified atom stereocenters. The highest BCUT2D eigenvalue weighted by atomic mass is 35.5. The molecule has 1 aromatic heterocycles. The van der Waals surface area contributed by atoms with E-state index in [1.165, 1.54) is 0 Å². The average molecular weight is 328 g/mol. The van der Waals surface area contributed by atoms with Crippen molar-refractivity contribution in [2.45, 2.75) is 6.42 Å². The Morgan fingerprint density at radius 1 is 1.25 bits per heavy atom. The van der Waals surface area contributed by atoms with Gasteiger partial charge in [-0.15, -0.1) is 0 Å². The van der Waals surface area contributed by atoms with Crippen LogP contribution in [0.15, 0.2) is 27.1 Å². The second kappa shape index (κ2) is 5.55. The third-order valence-corrected chi connectivity index (χ3v) is 4.16. The van der Waals surface area contributed by atoms with Gasteiger partial charge >= 0.3 is 0 Å². The Labute approximate surface area is 129 Å². The number of hydrogen-bond acceptors (Lipinski definition) is 4. The Morgan fingerprint density at radius 2 is 2.05 bits per heavy atom. The fourth-order valence-corrected chi connectivity index (χ4v) is 3.18. The molecule has 0 atom stereocenters. The quantitative estimate of drug-likeness (QED) is 0.784. The monoisotopic (exact) mass is 327 g/mol. The van der Waals surface area contributed by atoms with Gasteiger partial charge in [-0.3, -0.25) is 4.68 Å². The van der Waals surface area contributed by atoms with Crippen LogP contribution < -0.4 is 5.32 Å². The first kappa shape index (κ1) is 13.6. The summed E-state index contributed by atoms with van der Waals surface area (Å²) in [5.41, 5.74) is 3.33. The zero-order chi connectivity index (χ0) is 14.1. The Balaban J connectivity index is 1.77. The fraction of sp³-hybridized carbons (Fsp3) is 0.250. The van der Waals surface area contributed by atoms with Crippen LogP contribution in [0.3, 0.4) is 0 Å². The minimum absolute atomic E-state index is 0.524. The number of halogens is 2. The average Bonchev–Trinajstić information content (AvgIpc) is 3.03. The van der Waals surface area contributed by atoms with E-state index in [2.05, 4.69) is 19.1 Å². The van der Waals surface area contributed by atoms with Crippen LogP contribution in [-0.2, 0) is 24.8 Å². The number of anilines is 1. The molecule has 0 amide bonds. The standard InChI is InChI=1S/C12H11Cl2N5S/c1-19-7(3-5-16-19)2-4-15-10-8(13)6-9(14)11-12(10)18-20-17-11/h3,5-6,15H,2,4H2,1H3. The molecule has 3 rings (SSSR count). The highest BCUT2D eigenvalue weighted by molar-refractivity contribution is 7.58. The molecule has 1 aliphatic rings. The molecule has 104 valence electrons. The largest absolute Gasteiger partial charge is 0.382 e. The zero-order valence-electron chi connectivity index (χ0n) is 10.6. The topological polar surface area (TPSA) is 54.6 Å². The SMILES string of the molecule is Cn1nccc1CCNc1c(Cl)cc(Cl)c2c1N=S=N2. The molecule has 0 saturated heterocycles. The van der Waals surface area contributed by atoms with E-state index in [0.29, 0.717) is 15.7 Å². The van der Waals surface area contributed by atoms with E-state index in [4.69, 9.17) is 23.2 Å². The van der Waals surface area contributed by atoms with Crippen LogP contribution in [0.1, 0.15) is 5.69 Å². The number of nitrogens with one attached hydrogen (secondary N) is 1. The van der Waals surface area contributed by atoms with Crippen molar-refractivity contribution in [3.05, 3.63) is 34.1 Å². The van der Waals surface area contributed by atoms with Gasteiger partial charge in [0.1, 0.15) is 11.4 Å². The maximum atomic E-state index is 6.23. The molecule has 1 N–H and O–H groups in total. The van der Waals surface area contributed by atoms with Crippen LogP contribution >= 0.6 is 23.2 Å². The van der Waals surface area contributed by atoms with Gasteiger partial charge in [0.05, 0.1) is 27.1 Å². The molecule has 0 fully saturated rings. The lowest BCUT2D eigenvalue weighted by Gasteiger charge is -2.12. The number of benzene rings is 1. The van der Waals surface area contributed by atoms with Crippen molar-refractivity contribution in [3.8, 4) is 0 Å². The lowest BCUT2D eigenvalue weighted by atomic mass is 10.2. The van der Waals surface area contributed by atoms with Gasteiger partial charge in [0.25, 0.3) is 0 Å². The summed E-state index contributed by atoms with van der Waals surface area (Å²) in [7, 11) is 1.92. The molecule has 0 bridgehead atoms. The summed E-state index contributed by atoms with van der Waals surface area (Å²) in [6.07, 6.45) is 2.63. The molecule has 1 aliphatic heterocycles. The first-order valence-corrected chi connectivity index (χ1v) is 7.46. The van der Waals surface area contributed by atoms with E-state index in [9.17, 15) is 0 Å². The molecule has 2 heterocycles. The number of nitrogens with zero attached hydrogens (tertiary/aromatic N) is 4. The summed E-state index contributed by atoms with van der Waals surface area (Å²) in [6, 6.07) is 3.68. The van der Waals surface area contributed by atoms with Crippen molar-refractivity contribution in [3.63, 3.8) is 0 Å². The van der Waals surface area contributed by atoms with Crippen molar-refractivity contribution in [1.29, 1.82) is 0 Å². The van der Waals surface area contributed by atoms with Crippen molar-refractivity contribution in [2.24, 2.45) is 15.8 Å². The van der Waals surface area contributed by atoms with Gasteiger partial charge in [-0.1, -0.05) is 23.2 Å². The number of rotatable bonds is 4. The van der Waals surface area contributed by atoms with Crippen LogP contribution in [0.5, 0.6) is 0 Å². The van der Waals surface area contributed by atoms with Crippen LogP contribution in [-0.4, -0.2) is 16.3 Å². The van der Waals surface area contributed by atoms with Gasteiger partial charge < -0.3 is 5.32 Å². The molecule has 0 aliphatic carbocycles. The highest BCUT2D eigenvalue weighted by Crippen LogP contribution is 2.47. The summed E-state index contributed by atoms with van der Waals surface area (Å²) < 4.78 is 10.3. The summed E-state index contributed by atoms with van der Waals surface area (Å²) >= 11 is 13.4. The van der Waals surface area contributed by atoms with Gasteiger partial charge in [0.15, 0.2) is 0 Å². The molecule has 5 nitrogen and oxygen atoms in total. The molecule has 20 heavy (non-hydrogen) atoms. The second-order valence-corrected chi connectivity index (χ2v) is 5.64. The van der Waals surface area contributed by atoms with Crippen molar-refractivity contribution in [1.82, 2.24) is 9.78 Å². The third-order valence-electron chi connectivity index (χ3n) is 3.05. The van der Waals surface area contributed by atoms with E-state index in [1.807, 2.05) is 17.8 Å². The first-order valence-electron chi connectivity index (χ1n) is 5.98. The predicted molar refractivity (Wildman–Crippen MR) is 83.4 cm³/mol. The van der Waals surface area contributed by atoms with Gasteiger partial charge in [-0.25, -0.2) is 0 Å². The first-order chi connectivity index (χ1) is 9.66. The number of hydrogen-bond donors (Lipinski definition) is 1. The minimum atomic E-state index is 0.524. The lowest BCUT2D eigenvalue weighted by molar-refractivity contribution is 0.711. The van der Waals surface area contributed by atoms with Crippen LogP contribution in [0.25, 0.3) is 0 Å². The summed E-state index contributed by atoms with van der Waals surface area (Å²) in [4.78, 5) is 0. The molecule has 0 saturated carbocycles. The number of aromatic nitrogens is 2. The van der Waals surface area contributed by atoms with E-state index >= 15 is 0 Å². The normalized spacial score (nSPS) is 12.3. The molecule has 1 aromatic carbocycles. The van der Waals surface area contributed by atoms with Crippen molar-refractivity contribution >= 4 is 51.6 Å².